The highest BCUT2D eigenvalue weighted by Crippen LogP contribution is 2.36. The van der Waals surface area contributed by atoms with Crippen molar-refractivity contribution in [2.45, 2.75) is 30.2 Å². The van der Waals surface area contributed by atoms with E-state index in [2.05, 4.69) is 30.3 Å². The van der Waals surface area contributed by atoms with Crippen molar-refractivity contribution in [2.24, 2.45) is 0 Å². The van der Waals surface area contributed by atoms with Gasteiger partial charge in [-0.1, -0.05) is 6.92 Å². The number of aromatic nitrogens is 5. The largest absolute Gasteiger partial charge is 0.470 e. The van der Waals surface area contributed by atoms with Gasteiger partial charge in [-0.15, -0.1) is 22.0 Å². The summed E-state index contributed by atoms with van der Waals surface area (Å²) < 4.78 is 106. The Morgan fingerprint density at radius 3 is 2.33 bits per heavy atom. The molecule has 3 rings (SSSR count). The van der Waals surface area contributed by atoms with E-state index in [9.17, 15) is 35.1 Å². The van der Waals surface area contributed by atoms with Crippen molar-refractivity contribution < 1.29 is 39.9 Å². The second-order valence-corrected chi connectivity index (χ2v) is 7.65. The molecule has 0 saturated heterocycles. The van der Waals surface area contributed by atoms with Gasteiger partial charge in [0.15, 0.2) is 12.3 Å². The first kappa shape index (κ1) is 24.7. The van der Waals surface area contributed by atoms with Crippen molar-refractivity contribution in [3.05, 3.63) is 24.4 Å². The summed E-state index contributed by atoms with van der Waals surface area (Å²) in [6.45, 7) is -1.49. The predicted molar refractivity (Wildman–Crippen MR) is 101 cm³/mol. The number of ether oxygens (including phenoxy) is 1. The maximum Gasteiger partial charge on any atom is 0.456 e. The van der Waals surface area contributed by atoms with Gasteiger partial charge in [0, 0.05) is 12.3 Å². The number of nitrogens with zero attached hydrogens (tertiary/aromatic N) is 5. The number of hydrogen-bond donors (Lipinski definition) is 1. The van der Waals surface area contributed by atoms with Crippen LogP contribution in [0.4, 0.5) is 40.9 Å². The third kappa shape index (κ3) is 5.72. The molecule has 0 aliphatic heterocycles. The average Bonchev–Trinajstić information content (AvgIpc) is 3.08. The highest BCUT2D eigenvalue weighted by Gasteiger charge is 2.58. The van der Waals surface area contributed by atoms with Crippen LogP contribution in [-0.4, -0.2) is 62.0 Å². The predicted octanol–water partition coefficient (Wildman–Crippen LogP) is 4.85. The summed E-state index contributed by atoms with van der Waals surface area (Å²) in [7, 11) is 0. The van der Waals surface area contributed by atoms with Gasteiger partial charge in [0.25, 0.3) is 0 Å². The van der Waals surface area contributed by atoms with Crippen LogP contribution in [0, 0.1) is 0 Å². The van der Waals surface area contributed by atoms with Gasteiger partial charge in [0.05, 0.1) is 11.3 Å². The summed E-state index contributed by atoms with van der Waals surface area (Å²) >= 11 is 1.23. The Balaban J connectivity index is 1.92. The van der Waals surface area contributed by atoms with Crippen molar-refractivity contribution in [3.63, 3.8) is 0 Å². The number of rotatable bonds is 8. The molecular weight excluding hydrogens is 488 g/mol. The Bertz CT molecular complexity index is 1100. The highest BCUT2D eigenvalue weighted by molar-refractivity contribution is 7.99. The van der Waals surface area contributed by atoms with Crippen molar-refractivity contribution in [3.8, 4) is 17.1 Å². The van der Waals surface area contributed by atoms with E-state index in [1.54, 1.807) is 6.92 Å². The molecule has 33 heavy (non-hydrogen) atoms. The van der Waals surface area contributed by atoms with E-state index < -0.39 is 37.3 Å². The van der Waals surface area contributed by atoms with Crippen molar-refractivity contribution in [2.75, 3.05) is 24.2 Å². The molecule has 3 aromatic heterocycles. The maximum atomic E-state index is 13.0. The summed E-state index contributed by atoms with van der Waals surface area (Å²) in [5.74, 6) is -5.12. The average molecular weight is 502 g/mol. The van der Waals surface area contributed by atoms with Gasteiger partial charge >= 0.3 is 18.3 Å². The number of thioether (sulfide) groups is 1. The fourth-order valence-corrected chi connectivity index (χ4v) is 3.24. The van der Waals surface area contributed by atoms with Crippen LogP contribution in [0.1, 0.15) is 6.92 Å². The molecule has 0 aromatic carbocycles. The topological polar surface area (TPSA) is 77.2 Å². The Morgan fingerprint density at radius 2 is 1.76 bits per heavy atom. The van der Waals surface area contributed by atoms with Gasteiger partial charge in [0.1, 0.15) is 17.4 Å². The Morgan fingerprint density at radius 1 is 1.03 bits per heavy atom. The number of fused-ring (bicyclic) bond motifs is 1. The lowest BCUT2D eigenvalue weighted by Crippen LogP contribution is -2.41. The van der Waals surface area contributed by atoms with Gasteiger partial charge in [0.2, 0.25) is 5.88 Å². The molecule has 16 heteroatoms. The number of nitrogens with one attached hydrogen (secondary N) is 1. The number of hydrogen-bond acceptors (Lipinski definition) is 7. The van der Waals surface area contributed by atoms with E-state index in [-0.39, 0.29) is 22.7 Å². The Hall–Kier alpha value is -2.91. The van der Waals surface area contributed by atoms with Gasteiger partial charge in [-0.25, -0.2) is 4.98 Å². The molecule has 0 fully saturated rings. The zero-order valence-corrected chi connectivity index (χ0v) is 17.3. The second-order valence-electron chi connectivity index (χ2n) is 6.40. The fraction of sp³-hybridized carbons (Fsp3) is 0.412. The molecule has 0 aliphatic rings. The van der Waals surface area contributed by atoms with Crippen molar-refractivity contribution >= 4 is 23.2 Å². The van der Waals surface area contributed by atoms with E-state index in [1.807, 2.05) is 0 Å². The van der Waals surface area contributed by atoms with Gasteiger partial charge in [-0.2, -0.15) is 44.7 Å². The first-order valence-corrected chi connectivity index (χ1v) is 10.0. The standard InChI is InChI=1S/C17H14F8N6OS/c1-2-33-14-12(13-26-6-5-10(31(13)30-14)27-7-16(20,21)22)9-3-4-11(29-28-9)32-8-15(18,19)17(23,24)25/h3-6,27H,2,7-8H2,1H3. The van der Waals surface area contributed by atoms with Crippen LogP contribution in [0.25, 0.3) is 16.9 Å². The SMILES string of the molecule is CCSc1nn2c(NCC(F)(F)F)ccnc2c1-c1ccc(OCC(F)(F)C(F)(F)F)nn1. The van der Waals surface area contributed by atoms with Crippen LogP contribution in [0.3, 0.4) is 0 Å². The van der Waals surface area contributed by atoms with E-state index in [0.717, 1.165) is 10.6 Å². The molecule has 0 amide bonds. The molecule has 0 unspecified atom stereocenters. The fourth-order valence-electron chi connectivity index (χ4n) is 2.49. The smallest absolute Gasteiger partial charge is 0.456 e. The molecule has 0 radical (unpaired) electrons. The Kier molecular flexibility index (Phi) is 6.85. The highest BCUT2D eigenvalue weighted by atomic mass is 32.2. The molecule has 3 heterocycles. The van der Waals surface area contributed by atoms with Crippen LogP contribution >= 0.6 is 11.8 Å². The zero-order chi connectivity index (χ0) is 24.4. The van der Waals surface area contributed by atoms with Crippen molar-refractivity contribution in [1.29, 1.82) is 0 Å². The lowest BCUT2D eigenvalue weighted by Gasteiger charge is -2.19. The van der Waals surface area contributed by atoms with Crippen LogP contribution in [0.15, 0.2) is 29.4 Å². The molecule has 1 N–H and O–H groups in total. The van der Waals surface area contributed by atoms with E-state index >= 15 is 0 Å². The van der Waals surface area contributed by atoms with Crippen LogP contribution in [-0.2, 0) is 0 Å². The van der Waals surface area contributed by atoms with E-state index in [0.29, 0.717) is 10.8 Å². The van der Waals surface area contributed by atoms with E-state index in [4.69, 9.17) is 0 Å². The Labute approximate surface area is 184 Å². The molecule has 0 saturated carbocycles. The molecule has 7 nitrogen and oxygen atoms in total. The minimum atomic E-state index is -5.78. The first-order valence-electron chi connectivity index (χ1n) is 9.05. The lowest BCUT2D eigenvalue weighted by atomic mass is 10.2. The van der Waals surface area contributed by atoms with Gasteiger partial charge < -0.3 is 10.1 Å². The number of alkyl halides is 8. The summed E-state index contributed by atoms with van der Waals surface area (Å²) in [6.07, 6.45) is -9.01. The van der Waals surface area contributed by atoms with Crippen molar-refractivity contribution in [1.82, 2.24) is 24.8 Å². The van der Waals surface area contributed by atoms with E-state index in [1.165, 1.54) is 30.1 Å². The molecule has 0 bridgehead atoms. The van der Waals surface area contributed by atoms with Crippen LogP contribution in [0.2, 0.25) is 0 Å². The molecular formula is C17H14F8N6OS. The molecule has 0 spiro atoms. The minimum absolute atomic E-state index is 0.00354. The summed E-state index contributed by atoms with van der Waals surface area (Å²) in [4.78, 5) is 4.13. The quantitative estimate of drug-likeness (QED) is 0.349. The van der Waals surface area contributed by atoms with Gasteiger partial charge in [-0.05, 0) is 17.9 Å². The monoisotopic (exact) mass is 502 g/mol. The maximum absolute atomic E-state index is 13.0. The number of halogens is 8. The van der Waals surface area contributed by atoms with Gasteiger partial charge in [-0.3, -0.25) is 0 Å². The number of anilines is 1. The second kappa shape index (κ2) is 9.15. The van der Waals surface area contributed by atoms with Crippen LogP contribution in [0.5, 0.6) is 5.88 Å². The normalized spacial score (nSPS) is 12.9. The third-order valence-corrected chi connectivity index (χ3v) is 4.80. The first-order chi connectivity index (χ1) is 15.3. The summed E-state index contributed by atoms with van der Waals surface area (Å²) in [6, 6.07) is 3.56. The van der Waals surface area contributed by atoms with Crippen LogP contribution < -0.4 is 10.1 Å². The minimum Gasteiger partial charge on any atom is -0.470 e. The zero-order valence-electron chi connectivity index (χ0n) is 16.5. The summed E-state index contributed by atoms with van der Waals surface area (Å²) in [5.41, 5.74) is 0.526. The molecule has 180 valence electrons. The third-order valence-electron chi connectivity index (χ3n) is 3.95. The summed E-state index contributed by atoms with van der Waals surface area (Å²) in [5, 5.41) is 14.1. The molecule has 0 atom stereocenters. The molecule has 0 aliphatic carbocycles. The lowest BCUT2D eigenvalue weighted by molar-refractivity contribution is -0.290. The molecule has 3 aromatic rings.